The summed E-state index contributed by atoms with van der Waals surface area (Å²) in [5.41, 5.74) is 0.781. The Labute approximate surface area is 80.7 Å². The van der Waals surface area contributed by atoms with Crippen molar-refractivity contribution in [1.82, 2.24) is 5.32 Å². The third-order valence-electron chi connectivity index (χ3n) is 2.08. The van der Waals surface area contributed by atoms with Gasteiger partial charge in [0.25, 0.3) is 0 Å². The molecule has 0 aromatic heterocycles. The predicted octanol–water partition coefficient (Wildman–Crippen LogP) is 2.66. The molecule has 1 rings (SSSR count). The minimum Gasteiger partial charge on any atom is -0.306 e. The molecule has 1 aliphatic carbocycles. The summed E-state index contributed by atoms with van der Waals surface area (Å²) < 4.78 is 0. The highest BCUT2D eigenvalue weighted by Crippen LogP contribution is 2.39. The first kappa shape index (κ1) is 10.4. The first-order valence-corrected chi connectivity index (χ1v) is 6.00. The van der Waals surface area contributed by atoms with Crippen LogP contribution in [-0.4, -0.2) is 22.6 Å². The second-order valence-electron chi connectivity index (χ2n) is 4.79. The van der Waals surface area contributed by atoms with Gasteiger partial charge in [0.05, 0.1) is 0 Å². The Kier molecular flexibility index (Phi) is 3.11. The molecule has 1 aliphatic rings. The third kappa shape index (κ3) is 3.36. The van der Waals surface area contributed by atoms with Gasteiger partial charge in [0.1, 0.15) is 0 Å². The Morgan fingerprint density at radius 2 is 1.92 bits per heavy atom. The fourth-order valence-electron chi connectivity index (χ4n) is 1.55. The molecule has 0 heterocycles. The van der Waals surface area contributed by atoms with E-state index in [4.69, 9.17) is 0 Å². The molecule has 0 aliphatic heterocycles. The van der Waals surface area contributed by atoms with Gasteiger partial charge >= 0.3 is 0 Å². The first-order valence-electron chi connectivity index (χ1n) is 4.85. The van der Waals surface area contributed by atoms with Gasteiger partial charge in [0.2, 0.25) is 0 Å². The van der Waals surface area contributed by atoms with Crippen LogP contribution in [-0.2, 0) is 0 Å². The highest BCUT2D eigenvalue weighted by molar-refractivity contribution is 7.99. The molecule has 0 bridgehead atoms. The summed E-state index contributed by atoms with van der Waals surface area (Å²) in [5, 5.41) is 3.72. The fourth-order valence-corrected chi connectivity index (χ4v) is 2.50. The highest BCUT2D eigenvalue weighted by Gasteiger charge is 2.44. The van der Waals surface area contributed by atoms with Gasteiger partial charge in [-0.15, -0.1) is 0 Å². The average molecular weight is 187 g/mol. The normalized spacial score (nSPS) is 21.0. The van der Waals surface area contributed by atoms with E-state index in [2.05, 4.69) is 44.8 Å². The molecule has 0 radical (unpaired) electrons. The number of hydrogen-bond acceptors (Lipinski definition) is 2. The number of nitrogens with one attached hydrogen (secondary N) is 1. The first-order chi connectivity index (χ1) is 5.47. The summed E-state index contributed by atoms with van der Waals surface area (Å²) in [6.07, 6.45) is 2.74. The standard InChI is InChI=1S/C10H21NS/c1-5-12-8-10(6-7-10)11-9(2,3)4/h11H,5-8H2,1-4H3. The summed E-state index contributed by atoms with van der Waals surface area (Å²) in [6, 6.07) is 0. The van der Waals surface area contributed by atoms with Crippen molar-refractivity contribution < 1.29 is 0 Å². The molecule has 0 atom stereocenters. The summed E-state index contributed by atoms with van der Waals surface area (Å²) in [6.45, 7) is 8.99. The minimum atomic E-state index is 0.283. The van der Waals surface area contributed by atoms with Crippen molar-refractivity contribution in [2.45, 2.75) is 51.6 Å². The molecule has 0 aromatic carbocycles. The summed E-state index contributed by atoms with van der Waals surface area (Å²) in [5.74, 6) is 2.54. The Balaban J connectivity index is 2.30. The van der Waals surface area contributed by atoms with E-state index in [0.717, 1.165) is 0 Å². The summed E-state index contributed by atoms with van der Waals surface area (Å²) in [4.78, 5) is 0. The number of thioether (sulfide) groups is 1. The van der Waals surface area contributed by atoms with Gasteiger partial charge in [-0.3, -0.25) is 0 Å². The van der Waals surface area contributed by atoms with Gasteiger partial charge in [0.15, 0.2) is 0 Å². The van der Waals surface area contributed by atoms with Crippen molar-refractivity contribution in [3.05, 3.63) is 0 Å². The zero-order valence-corrected chi connectivity index (χ0v) is 9.55. The van der Waals surface area contributed by atoms with Crippen LogP contribution in [0.1, 0.15) is 40.5 Å². The molecule has 0 amide bonds. The van der Waals surface area contributed by atoms with E-state index < -0.39 is 0 Å². The minimum absolute atomic E-state index is 0.283. The molecule has 0 spiro atoms. The Morgan fingerprint density at radius 3 is 2.25 bits per heavy atom. The average Bonchev–Trinajstić information content (AvgIpc) is 2.62. The van der Waals surface area contributed by atoms with Crippen molar-refractivity contribution in [2.75, 3.05) is 11.5 Å². The van der Waals surface area contributed by atoms with Crippen LogP contribution in [0.3, 0.4) is 0 Å². The van der Waals surface area contributed by atoms with Gasteiger partial charge in [0, 0.05) is 16.8 Å². The lowest BCUT2D eigenvalue weighted by atomic mass is 10.1. The van der Waals surface area contributed by atoms with Crippen molar-refractivity contribution in [3.8, 4) is 0 Å². The van der Waals surface area contributed by atoms with Crippen molar-refractivity contribution in [1.29, 1.82) is 0 Å². The summed E-state index contributed by atoms with van der Waals surface area (Å²) >= 11 is 2.06. The molecule has 0 saturated heterocycles. The monoisotopic (exact) mass is 187 g/mol. The molecule has 12 heavy (non-hydrogen) atoms. The molecular weight excluding hydrogens is 166 g/mol. The summed E-state index contributed by atoms with van der Waals surface area (Å²) in [7, 11) is 0. The van der Waals surface area contributed by atoms with Crippen LogP contribution in [0.2, 0.25) is 0 Å². The van der Waals surface area contributed by atoms with E-state index in [9.17, 15) is 0 Å². The quantitative estimate of drug-likeness (QED) is 0.726. The highest BCUT2D eigenvalue weighted by atomic mass is 32.2. The molecule has 72 valence electrons. The van der Waals surface area contributed by atoms with E-state index in [0.29, 0.717) is 5.54 Å². The zero-order valence-electron chi connectivity index (χ0n) is 8.74. The molecule has 1 fully saturated rings. The maximum atomic E-state index is 3.72. The maximum absolute atomic E-state index is 3.72. The zero-order chi connectivity index (χ0) is 9.24. The molecule has 2 heteroatoms. The molecule has 1 N–H and O–H groups in total. The van der Waals surface area contributed by atoms with Crippen LogP contribution in [0, 0.1) is 0 Å². The maximum Gasteiger partial charge on any atom is 0.0278 e. The Bertz CT molecular complexity index is 144. The third-order valence-corrected chi connectivity index (χ3v) is 3.24. The molecule has 1 saturated carbocycles. The number of rotatable bonds is 4. The Hall–Kier alpha value is 0.310. The van der Waals surface area contributed by atoms with Gasteiger partial charge in [-0.2, -0.15) is 11.8 Å². The van der Waals surface area contributed by atoms with Crippen LogP contribution >= 0.6 is 11.8 Å². The topological polar surface area (TPSA) is 12.0 Å². The fraction of sp³-hybridized carbons (Fsp3) is 1.00. The van der Waals surface area contributed by atoms with E-state index in [1.165, 1.54) is 24.3 Å². The van der Waals surface area contributed by atoms with Crippen molar-refractivity contribution in [3.63, 3.8) is 0 Å². The second-order valence-corrected chi connectivity index (χ2v) is 6.07. The van der Waals surface area contributed by atoms with E-state index in [1.54, 1.807) is 0 Å². The molecular formula is C10H21NS. The van der Waals surface area contributed by atoms with Gasteiger partial charge in [-0.25, -0.2) is 0 Å². The van der Waals surface area contributed by atoms with Crippen LogP contribution in [0.25, 0.3) is 0 Å². The van der Waals surface area contributed by atoms with Crippen molar-refractivity contribution >= 4 is 11.8 Å². The van der Waals surface area contributed by atoms with Gasteiger partial charge in [-0.05, 0) is 39.4 Å². The smallest absolute Gasteiger partial charge is 0.0278 e. The number of hydrogen-bond donors (Lipinski definition) is 1. The van der Waals surface area contributed by atoms with Gasteiger partial charge < -0.3 is 5.32 Å². The van der Waals surface area contributed by atoms with Gasteiger partial charge in [-0.1, -0.05) is 6.92 Å². The van der Waals surface area contributed by atoms with Crippen LogP contribution in [0.15, 0.2) is 0 Å². The van der Waals surface area contributed by atoms with Crippen LogP contribution < -0.4 is 5.32 Å². The van der Waals surface area contributed by atoms with E-state index >= 15 is 0 Å². The van der Waals surface area contributed by atoms with E-state index in [-0.39, 0.29) is 5.54 Å². The van der Waals surface area contributed by atoms with Crippen LogP contribution in [0.5, 0.6) is 0 Å². The Morgan fingerprint density at radius 1 is 1.33 bits per heavy atom. The second kappa shape index (κ2) is 3.59. The molecule has 0 unspecified atom stereocenters. The molecule has 0 aromatic rings. The largest absolute Gasteiger partial charge is 0.306 e. The van der Waals surface area contributed by atoms with E-state index in [1.807, 2.05) is 0 Å². The lowest BCUT2D eigenvalue weighted by Crippen LogP contribution is -2.46. The van der Waals surface area contributed by atoms with Crippen LogP contribution in [0.4, 0.5) is 0 Å². The molecule has 1 nitrogen and oxygen atoms in total. The predicted molar refractivity (Wildman–Crippen MR) is 57.9 cm³/mol. The lowest BCUT2D eigenvalue weighted by molar-refractivity contribution is 0.364. The lowest BCUT2D eigenvalue weighted by Gasteiger charge is -2.28. The SMILES string of the molecule is CCSCC1(NC(C)(C)C)CC1. The van der Waals surface area contributed by atoms with Crippen molar-refractivity contribution in [2.24, 2.45) is 0 Å².